The Labute approximate surface area is 125 Å². The van der Waals surface area contributed by atoms with E-state index in [-0.39, 0.29) is 6.61 Å². The molecular formula is C16H25NO4. The van der Waals surface area contributed by atoms with Crippen molar-refractivity contribution in [3.63, 3.8) is 0 Å². The van der Waals surface area contributed by atoms with E-state index in [0.717, 1.165) is 5.69 Å². The Morgan fingerprint density at radius 2 is 1.95 bits per heavy atom. The Bertz CT molecular complexity index is 489. The number of hydrogen-bond acceptors (Lipinski definition) is 5. The van der Waals surface area contributed by atoms with E-state index in [1.165, 1.54) is 11.1 Å². The van der Waals surface area contributed by atoms with Crippen LogP contribution in [-0.2, 0) is 9.47 Å². The molecule has 3 N–H and O–H groups in total. The van der Waals surface area contributed by atoms with Crippen LogP contribution >= 0.6 is 0 Å². The maximum Gasteiger partial charge on any atom is 0.164 e. The van der Waals surface area contributed by atoms with Crippen molar-refractivity contribution < 1.29 is 19.7 Å². The van der Waals surface area contributed by atoms with Crippen molar-refractivity contribution in [2.75, 3.05) is 18.5 Å². The zero-order valence-electron chi connectivity index (χ0n) is 13.1. The first kappa shape index (κ1) is 16.2. The molecule has 1 fully saturated rings. The SMILES string of the molecule is Cc1ccc(NCC(O)C2OC(C)(C)OC2CO)cc1C. The number of nitrogens with one attached hydrogen (secondary N) is 1. The van der Waals surface area contributed by atoms with Gasteiger partial charge >= 0.3 is 0 Å². The molecule has 2 rings (SSSR count). The molecule has 3 unspecified atom stereocenters. The minimum absolute atomic E-state index is 0.172. The molecule has 21 heavy (non-hydrogen) atoms. The molecule has 1 saturated heterocycles. The van der Waals surface area contributed by atoms with Crippen molar-refractivity contribution >= 4 is 5.69 Å². The van der Waals surface area contributed by atoms with Crippen molar-refractivity contribution in [1.29, 1.82) is 0 Å². The predicted molar refractivity (Wildman–Crippen MR) is 81.3 cm³/mol. The van der Waals surface area contributed by atoms with Crippen LogP contribution in [0.4, 0.5) is 5.69 Å². The lowest BCUT2D eigenvalue weighted by Crippen LogP contribution is -2.41. The van der Waals surface area contributed by atoms with Crippen LogP contribution in [-0.4, -0.2) is 47.5 Å². The van der Waals surface area contributed by atoms with Crippen LogP contribution in [0.2, 0.25) is 0 Å². The number of aliphatic hydroxyl groups is 2. The molecule has 1 aliphatic heterocycles. The molecule has 0 amide bonds. The summed E-state index contributed by atoms with van der Waals surface area (Å²) in [5, 5.41) is 22.8. The second-order valence-electron chi connectivity index (χ2n) is 6.07. The summed E-state index contributed by atoms with van der Waals surface area (Å²) in [6, 6.07) is 6.06. The van der Waals surface area contributed by atoms with Gasteiger partial charge in [-0.25, -0.2) is 0 Å². The van der Waals surface area contributed by atoms with Gasteiger partial charge in [0.1, 0.15) is 18.3 Å². The van der Waals surface area contributed by atoms with Gasteiger partial charge < -0.3 is 25.0 Å². The highest BCUT2D eigenvalue weighted by Gasteiger charge is 2.44. The van der Waals surface area contributed by atoms with Crippen LogP contribution < -0.4 is 5.32 Å². The molecule has 1 heterocycles. The molecule has 0 aromatic heterocycles. The van der Waals surface area contributed by atoms with E-state index in [0.29, 0.717) is 6.54 Å². The Hall–Kier alpha value is -1.14. The standard InChI is InChI=1S/C16H25NO4/c1-10-5-6-12(7-11(10)2)17-8-13(19)15-14(9-18)20-16(3,4)21-15/h5-7,13-15,17-19H,8-9H2,1-4H3. The summed E-state index contributed by atoms with van der Waals surface area (Å²) < 4.78 is 11.2. The van der Waals surface area contributed by atoms with Gasteiger partial charge in [-0.3, -0.25) is 0 Å². The molecule has 118 valence electrons. The van der Waals surface area contributed by atoms with Gasteiger partial charge in [-0.1, -0.05) is 6.07 Å². The summed E-state index contributed by atoms with van der Waals surface area (Å²) in [4.78, 5) is 0. The number of hydrogen-bond donors (Lipinski definition) is 3. The maximum absolute atomic E-state index is 10.3. The van der Waals surface area contributed by atoms with Gasteiger partial charge in [-0.2, -0.15) is 0 Å². The maximum atomic E-state index is 10.3. The molecule has 1 aliphatic rings. The van der Waals surface area contributed by atoms with E-state index < -0.39 is 24.1 Å². The highest BCUT2D eigenvalue weighted by molar-refractivity contribution is 5.48. The Morgan fingerprint density at radius 3 is 2.57 bits per heavy atom. The fraction of sp³-hybridized carbons (Fsp3) is 0.625. The lowest BCUT2D eigenvalue weighted by atomic mass is 10.1. The first-order valence-corrected chi connectivity index (χ1v) is 7.28. The van der Waals surface area contributed by atoms with Gasteiger partial charge in [0.2, 0.25) is 0 Å². The van der Waals surface area contributed by atoms with E-state index in [2.05, 4.69) is 19.2 Å². The Balaban J connectivity index is 1.94. The highest BCUT2D eigenvalue weighted by Crippen LogP contribution is 2.29. The second kappa shape index (κ2) is 6.32. The van der Waals surface area contributed by atoms with Crippen LogP contribution in [0, 0.1) is 13.8 Å². The number of anilines is 1. The average molecular weight is 295 g/mol. The summed E-state index contributed by atoms with van der Waals surface area (Å²) in [6.45, 7) is 7.83. The summed E-state index contributed by atoms with van der Waals surface area (Å²) >= 11 is 0. The molecule has 0 radical (unpaired) electrons. The molecule has 5 heteroatoms. The van der Waals surface area contributed by atoms with Crippen molar-refractivity contribution in [2.24, 2.45) is 0 Å². The van der Waals surface area contributed by atoms with E-state index in [1.807, 2.05) is 18.2 Å². The molecule has 0 aliphatic carbocycles. The molecule has 3 atom stereocenters. The van der Waals surface area contributed by atoms with E-state index in [1.54, 1.807) is 13.8 Å². The Morgan fingerprint density at radius 1 is 1.24 bits per heavy atom. The van der Waals surface area contributed by atoms with E-state index in [9.17, 15) is 10.2 Å². The summed E-state index contributed by atoms with van der Waals surface area (Å²) in [5.41, 5.74) is 3.39. The van der Waals surface area contributed by atoms with Gasteiger partial charge in [0.05, 0.1) is 6.61 Å². The lowest BCUT2D eigenvalue weighted by molar-refractivity contribution is -0.156. The first-order valence-electron chi connectivity index (χ1n) is 7.28. The fourth-order valence-electron chi connectivity index (χ4n) is 2.52. The van der Waals surface area contributed by atoms with Gasteiger partial charge in [0.25, 0.3) is 0 Å². The zero-order chi connectivity index (χ0) is 15.6. The van der Waals surface area contributed by atoms with Crippen molar-refractivity contribution in [3.8, 4) is 0 Å². The number of aryl methyl sites for hydroxylation is 2. The smallest absolute Gasteiger partial charge is 0.164 e. The molecule has 1 aromatic carbocycles. The van der Waals surface area contributed by atoms with Gasteiger partial charge in [0.15, 0.2) is 5.79 Å². The normalized spacial score (nSPS) is 25.8. The summed E-state index contributed by atoms with van der Waals surface area (Å²) in [6.07, 6.45) is -1.80. The van der Waals surface area contributed by atoms with Crippen LogP contribution in [0.5, 0.6) is 0 Å². The Kier molecular flexibility index (Phi) is 4.88. The third kappa shape index (κ3) is 3.95. The second-order valence-corrected chi connectivity index (χ2v) is 6.07. The summed E-state index contributed by atoms with van der Waals surface area (Å²) in [7, 11) is 0. The quantitative estimate of drug-likeness (QED) is 0.769. The van der Waals surface area contributed by atoms with Crippen LogP contribution in [0.25, 0.3) is 0 Å². The van der Waals surface area contributed by atoms with E-state index >= 15 is 0 Å². The number of aliphatic hydroxyl groups excluding tert-OH is 2. The molecule has 0 spiro atoms. The zero-order valence-corrected chi connectivity index (χ0v) is 13.1. The number of ether oxygens (including phenoxy) is 2. The monoisotopic (exact) mass is 295 g/mol. The molecule has 0 bridgehead atoms. The predicted octanol–water partition coefficient (Wildman–Crippen LogP) is 1.59. The average Bonchev–Trinajstić information content (AvgIpc) is 2.75. The molecule has 1 aromatic rings. The van der Waals surface area contributed by atoms with Crippen LogP contribution in [0.15, 0.2) is 18.2 Å². The molecule has 5 nitrogen and oxygen atoms in total. The first-order chi connectivity index (χ1) is 9.82. The van der Waals surface area contributed by atoms with Crippen LogP contribution in [0.1, 0.15) is 25.0 Å². The topological polar surface area (TPSA) is 71.0 Å². The third-order valence-corrected chi connectivity index (χ3v) is 3.80. The molecule has 0 saturated carbocycles. The van der Waals surface area contributed by atoms with Crippen molar-refractivity contribution in [1.82, 2.24) is 0 Å². The van der Waals surface area contributed by atoms with Gasteiger partial charge in [-0.15, -0.1) is 0 Å². The minimum Gasteiger partial charge on any atom is -0.394 e. The summed E-state index contributed by atoms with van der Waals surface area (Å²) in [5.74, 6) is -0.778. The lowest BCUT2D eigenvalue weighted by Gasteiger charge is -2.22. The largest absolute Gasteiger partial charge is 0.394 e. The van der Waals surface area contributed by atoms with Crippen molar-refractivity contribution in [3.05, 3.63) is 29.3 Å². The molecular weight excluding hydrogens is 270 g/mol. The van der Waals surface area contributed by atoms with Crippen molar-refractivity contribution in [2.45, 2.75) is 51.8 Å². The number of rotatable bonds is 5. The van der Waals surface area contributed by atoms with Gasteiger partial charge in [0, 0.05) is 12.2 Å². The number of benzene rings is 1. The third-order valence-electron chi connectivity index (χ3n) is 3.80. The van der Waals surface area contributed by atoms with Gasteiger partial charge in [-0.05, 0) is 51.0 Å². The fourth-order valence-corrected chi connectivity index (χ4v) is 2.52. The highest BCUT2D eigenvalue weighted by atomic mass is 16.8. The van der Waals surface area contributed by atoms with E-state index in [4.69, 9.17) is 9.47 Å². The minimum atomic E-state index is -0.778. The van der Waals surface area contributed by atoms with Crippen LogP contribution in [0.3, 0.4) is 0 Å².